The minimum absolute atomic E-state index is 0.0957. The Balaban J connectivity index is 1.02. The normalized spacial score (nSPS) is 20.3. The van der Waals surface area contributed by atoms with Gasteiger partial charge in [-0.1, -0.05) is 59.6 Å². The largest absolute Gasteiger partial charge is 0.481 e. The standard InChI is InChI=1S/C39H41Cl2N7O4/c1-22(49)48-20-39(21-48)18-47(19-39)17-32-37(51-2)46-31(16-43-32)28-9-5-7-26(36(28)41)25-6-4-8-27(35(25)40)30-14-23-10-12-29(34(23)38(45-30)52-3)42-15-24-11-13-33(50)44-24/h4-9,14,16,24,29,42H,10-13,15,17-21H2,1-3H3,(H,44,50)/t24-,29-/m0/s1. The number of rotatable bonds is 10. The van der Waals surface area contributed by atoms with E-state index in [1.165, 1.54) is 5.56 Å². The van der Waals surface area contributed by atoms with Crippen molar-refractivity contribution < 1.29 is 19.1 Å². The number of fused-ring (bicyclic) bond motifs is 1. The molecule has 5 heterocycles. The number of nitrogens with one attached hydrogen (secondary N) is 2. The summed E-state index contributed by atoms with van der Waals surface area (Å²) in [5.41, 5.74) is 7.55. The highest BCUT2D eigenvalue weighted by Crippen LogP contribution is 2.45. The molecule has 0 bridgehead atoms. The molecule has 3 fully saturated rings. The number of amides is 2. The van der Waals surface area contributed by atoms with E-state index in [1.807, 2.05) is 41.3 Å². The summed E-state index contributed by atoms with van der Waals surface area (Å²) in [5, 5.41) is 7.70. The SMILES string of the molecule is COc1nc(-c2cccc(-c3cccc(-c4cc5c(c(OC)n4)[C@@H](NC[C@@H]4CCC(=O)N4)CC5)c3Cl)c2Cl)cnc1CN1CC2(C1)CN(C(C)=O)C2. The first-order chi connectivity index (χ1) is 25.1. The van der Waals surface area contributed by atoms with Crippen LogP contribution in [0.2, 0.25) is 10.0 Å². The second kappa shape index (κ2) is 13.9. The van der Waals surface area contributed by atoms with Gasteiger partial charge in [0.25, 0.3) is 0 Å². The van der Waals surface area contributed by atoms with Crippen molar-refractivity contribution in [3.05, 3.63) is 75.5 Å². The van der Waals surface area contributed by atoms with Crippen LogP contribution in [0, 0.1) is 5.41 Å². The zero-order valence-corrected chi connectivity index (χ0v) is 31.0. The minimum Gasteiger partial charge on any atom is -0.481 e. The highest BCUT2D eigenvalue weighted by Gasteiger charge is 2.52. The Morgan fingerprint density at radius 1 is 0.923 bits per heavy atom. The van der Waals surface area contributed by atoms with Gasteiger partial charge in [0.2, 0.25) is 23.6 Å². The molecule has 2 atom stereocenters. The molecule has 52 heavy (non-hydrogen) atoms. The molecule has 2 aromatic heterocycles. The van der Waals surface area contributed by atoms with Crippen LogP contribution >= 0.6 is 23.2 Å². The lowest BCUT2D eigenvalue weighted by Gasteiger charge is -2.60. The van der Waals surface area contributed by atoms with Gasteiger partial charge in [-0.2, -0.15) is 0 Å². The molecule has 270 valence electrons. The number of pyridine rings is 1. The molecule has 4 aromatic rings. The molecule has 2 aromatic carbocycles. The molecule has 8 rings (SSSR count). The molecule has 0 unspecified atom stereocenters. The second-order valence-electron chi connectivity index (χ2n) is 14.5. The molecule has 0 radical (unpaired) electrons. The van der Waals surface area contributed by atoms with Crippen LogP contribution in [-0.2, 0) is 22.6 Å². The predicted octanol–water partition coefficient (Wildman–Crippen LogP) is 5.72. The first-order valence-corrected chi connectivity index (χ1v) is 18.5. The zero-order valence-electron chi connectivity index (χ0n) is 29.5. The lowest BCUT2D eigenvalue weighted by molar-refractivity contribution is -0.157. The smallest absolute Gasteiger partial charge is 0.237 e. The fourth-order valence-electron chi connectivity index (χ4n) is 8.30. The van der Waals surface area contributed by atoms with Crippen LogP contribution in [-0.4, -0.2) is 89.6 Å². The van der Waals surface area contributed by atoms with Crippen molar-refractivity contribution in [1.29, 1.82) is 0 Å². The number of halogens is 2. The Morgan fingerprint density at radius 3 is 2.21 bits per heavy atom. The predicted molar refractivity (Wildman–Crippen MR) is 199 cm³/mol. The summed E-state index contributed by atoms with van der Waals surface area (Å²) in [6, 6.07) is 14.0. The van der Waals surface area contributed by atoms with E-state index in [2.05, 4.69) is 21.6 Å². The number of likely N-dealkylation sites (tertiary alicyclic amines) is 2. The number of carbonyl (C=O) groups is 2. The number of benzene rings is 2. The Morgan fingerprint density at radius 2 is 1.58 bits per heavy atom. The van der Waals surface area contributed by atoms with E-state index in [-0.39, 0.29) is 29.3 Å². The number of aromatic nitrogens is 3. The summed E-state index contributed by atoms with van der Waals surface area (Å²) >= 11 is 14.3. The molecule has 3 aliphatic heterocycles. The third kappa shape index (κ3) is 6.38. The maximum absolute atomic E-state index is 11.7. The van der Waals surface area contributed by atoms with E-state index in [4.69, 9.17) is 47.6 Å². The van der Waals surface area contributed by atoms with Gasteiger partial charge in [-0.25, -0.2) is 9.97 Å². The summed E-state index contributed by atoms with van der Waals surface area (Å²) < 4.78 is 11.5. The first-order valence-electron chi connectivity index (χ1n) is 17.7. The van der Waals surface area contributed by atoms with Crippen molar-refractivity contribution in [2.75, 3.05) is 46.9 Å². The topological polar surface area (TPSA) is 122 Å². The van der Waals surface area contributed by atoms with Crippen LogP contribution < -0.4 is 20.1 Å². The first kappa shape index (κ1) is 34.8. The third-order valence-electron chi connectivity index (χ3n) is 10.9. The fourth-order valence-corrected chi connectivity index (χ4v) is 8.95. The van der Waals surface area contributed by atoms with Gasteiger partial charge in [-0.15, -0.1) is 0 Å². The average molecular weight is 743 g/mol. The molecule has 2 N–H and O–H groups in total. The van der Waals surface area contributed by atoms with Crippen LogP contribution in [0.15, 0.2) is 48.7 Å². The Kier molecular flexibility index (Phi) is 9.31. The van der Waals surface area contributed by atoms with Gasteiger partial charge >= 0.3 is 0 Å². The Bertz CT molecular complexity index is 2060. The van der Waals surface area contributed by atoms with Crippen LogP contribution in [0.25, 0.3) is 33.6 Å². The quantitative estimate of drug-likeness (QED) is 0.210. The van der Waals surface area contributed by atoms with E-state index in [9.17, 15) is 9.59 Å². The summed E-state index contributed by atoms with van der Waals surface area (Å²) in [7, 11) is 3.25. The average Bonchev–Trinajstić information content (AvgIpc) is 3.73. The van der Waals surface area contributed by atoms with Gasteiger partial charge in [0.1, 0.15) is 5.69 Å². The lowest BCUT2D eigenvalue weighted by Crippen LogP contribution is -2.72. The highest BCUT2D eigenvalue weighted by atomic mass is 35.5. The van der Waals surface area contributed by atoms with Gasteiger partial charge in [-0.05, 0) is 30.9 Å². The summed E-state index contributed by atoms with van der Waals surface area (Å²) in [5.74, 6) is 1.28. The highest BCUT2D eigenvalue weighted by molar-refractivity contribution is 6.39. The van der Waals surface area contributed by atoms with Crippen LogP contribution in [0.1, 0.15) is 49.0 Å². The van der Waals surface area contributed by atoms with Gasteiger partial charge in [0.15, 0.2) is 0 Å². The van der Waals surface area contributed by atoms with Crippen LogP contribution in [0.5, 0.6) is 11.8 Å². The van der Waals surface area contributed by atoms with Gasteiger partial charge < -0.3 is 25.0 Å². The Labute approximate surface area is 313 Å². The lowest BCUT2D eigenvalue weighted by atomic mass is 9.73. The molecule has 13 heteroatoms. The number of hydrogen-bond acceptors (Lipinski definition) is 9. The number of aryl methyl sites for hydroxylation is 1. The summed E-state index contributed by atoms with van der Waals surface area (Å²) in [6.07, 6.45) is 4.96. The van der Waals surface area contributed by atoms with Crippen molar-refractivity contribution in [2.24, 2.45) is 5.41 Å². The molecule has 3 saturated heterocycles. The van der Waals surface area contributed by atoms with Crippen LogP contribution in [0.4, 0.5) is 0 Å². The maximum Gasteiger partial charge on any atom is 0.237 e. The molecular weight excluding hydrogens is 701 g/mol. The van der Waals surface area contributed by atoms with Crippen LogP contribution in [0.3, 0.4) is 0 Å². The fraction of sp³-hybridized carbons (Fsp3) is 0.410. The van der Waals surface area contributed by atoms with Crippen molar-refractivity contribution in [3.8, 4) is 45.4 Å². The van der Waals surface area contributed by atoms with Crippen molar-refractivity contribution in [3.63, 3.8) is 0 Å². The Hall–Kier alpha value is -4.29. The number of hydrogen-bond donors (Lipinski definition) is 2. The zero-order chi connectivity index (χ0) is 36.1. The summed E-state index contributed by atoms with van der Waals surface area (Å²) in [4.78, 5) is 42.1. The number of ether oxygens (including phenoxy) is 2. The van der Waals surface area contributed by atoms with Gasteiger partial charge in [0.05, 0.1) is 41.8 Å². The van der Waals surface area contributed by atoms with E-state index < -0.39 is 0 Å². The van der Waals surface area contributed by atoms with E-state index >= 15 is 0 Å². The van der Waals surface area contributed by atoms with Crippen molar-refractivity contribution >= 4 is 35.0 Å². The maximum atomic E-state index is 11.7. The second-order valence-corrected chi connectivity index (χ2v) is 15.2. The van der Waals surface area contributed by atoms with Gasteiger partial charge in [-0.3, -0.25) is 19.5 Å². The molecule has 2 amide bonds. The van der Waals surface area contributed by atoms with Gasteiger partial charge in [0, 0.05) is 97.9 Å². The molecule has 0 saturated carbocycles. The number of carbonyl (C=O) groups excluding carboxylic acids is 2. The van der Waals surface area contributed by atoms with Crippen molar-refractivity contribution in [1.82, 2.24) is 35.4 Å². The minimum atomic E-state index is 0.0957. The molecule has 4 aliphatic rings. The number of nitrogens with zero attached hydrogens (tertiary/aromatic N) is 5. The van der Waals surface area contributed by atoms with E-state index in [1.54, 1.807) is 27.3 Å². The molecular formula is C39H41Cl2N7O4. The van der Waals surface area contributed by atoms with E-state index in [0.29, 0.717) is 52.6 Å². The van der Waals surface area contributed by atoms with Crippen molar-refractivity contribution in [2.45, 2.75) is 51.2 Å². The molecule has 11 nitrogen and oxygen atoms in total. The third-order valence-corrected chi connectivity index (χ3v) is 11.7. The summed E-state index contributed by atoms with van der Waals surface area (Å²) in [6.45, 7) is 6.44. The van der Waals surface area contributed by atoms with E-state index in [0.717, 1.165) is 79.1 Å². The number of methoxy groups -OCH3 is 2. The molecule has 1 aliphatic carbocycles. The molecule has 1 spiro atoms. The monoisotopic (exact) mass is 741 g/mol.